The molecule has 3 rings (SSSR count). The summed E-state index contributed by atoms with van der Waals surface area (Å²) < 4.78 is 1.96. The molecule has 86 valence electrons. The highest BCUT2D eigenvalue weighted by molar-refractivity contribution is 7.17. The van der Waals surface area contributed by atoms with Gasteiger partial charge in [-0.3, -0.25) is 4.40 Å². The van der Waals surface area contributed by atoms with Crippen molar-refractivity contribution in [2.45, 2.75) is 6.92 Å². The van der Waals surface area contributed by atoms with E-state index in [-0.39, 0.29) is 5.75 Å². The fraction of sp³-hybridized carbons (Fsp3) is 0.0833. The number of rotatable bonds is 1. The maximum Gasteiger partial charge on any atom is 0.194 e. The summed E-state index contributed by atoms with van der Waals surface area (Å²) in [4.78, 5) is 6.26. The first kappa shape index (κ1) is 10.6. The largest absolute Gasteiger partial charge is 0.507 e. The molecule has 0 radical (unpaired) electrons. The lowest BCUT2D eigenvalue weighted by molar-refractivity contribution is 0.477. The highest BCUT2D eigenvalue weighted by atomic mass is 35.5. The number of hydrogen-bond donors (Lipinski definition) is 1. The van der Waals surface area contributed by atoms with Crippen molar-refractivity contribution in [3.63, 3.8) is 0 Å². The first-order valence-corrected chi connectivity index (χ1v) is 6.27. The lowest BCUT2D eigenvalue weighted by Gasteiger charge is -2.05. The Kier molecular flexibility index (Phi) is 2.34. The van der Waals surface area contributed by atoms with E-state index in [4.69, 9.17) is 11.6 Å². The summed E-state index contributed by atoms with van der Waals surface area (Å²) >= 11 is 7.57. The van der Waals surface area contributed by atoms with Crippen LogP contribution in [0.25, 0.3) is 16.2 Å². The molecular formula is C12H9ClN2OS. The van der Waals surface area contributed by atoms with Crippen LogP contribution in [0.3, 0.4) is 0 Å². The van der Waals surface area contributed by atoms with Crippen LogP contribution in [0.15, 0.2) is 30.6 Å². The van der Waals surface area contributed by atoms with Crippen molar-refractivity contribution in [3.05, 3.63) is 40.5 Å². The third-order valence-corrected chi connectivity index (χ3v) is 3.86. The molecule has 0 aliphatic carbocycles. The van der Waals surface area contributed by atoms with Gasteiger partial charge in [-0.05, 0) is 25.1 Å². The summed E-state index contributed by atoms with van der Waals surface area (Å²) in [7, 11) is 0. The van der Waals surface area contributed by atoms with Crippen molar-refractivity contribution >= 4 is 27.9 Å². The van der Waals surface area contributed by atoms with Gasteiger partial charge in [-0.25, -0.2) is 4.98 Å². The van der Waals surface area contributed by atoms with Crippen LogP contribution in [0, 0.1) is 6.92 Å². The monoisotopic (exact) mass is 264 g/mol. The second kappa shape index (κ2) is 3.75. The van der Waals surface area contributed by atoms with E-state index in [1.54, 1.807) is 35.7 Å². The highest BCUT2D eigenvalue weighted by Crippen LogP contribution is 2.37. The number of imidazole rings is 1. The van der Waals surface area contributed by atoms with Gasteiger partial charge < -0.3 is 5.11 Å². The Morgan fingerprint density at radius 1 is 1.41 bits per heavy atom. The number of fused-ring (bicyclic) bond motifs is 1. The molecule has 1 aromatic carbocycles. The van der Waals surface area contributed by atoms with E-state index in [1.807, 2.05) is 17.5 Å². The number of phenols is 1. The number of benzene rings is 1. The van der Waals surface area contributed by atoms with Gasteiger partial charge in [0.25, 0.3) is 0 Å². The van der Waals surface area contributed by atoms with Crippen molar-refractivity contribution in [2.24, 2.45) is 0 Å². The molecule has 0 aliphatic rings. The second-order valence-electron chi connectivity index (χ2n) is 3.75. The number of nitrogens with zero attached hydrogens (tertiary/aromatic N) is 2. The zero-order valence-electron chi connectivity index (χ0n) is 9.01. The third-order valence-electron chi connectivity index (χ3n) is 2.64. The third kappa shape index (κ3) is 1.61. The molecule has 0 aliphatic heterocycles. The molecule has 3 aromatic rings. The minimum atomic E-state index is 0.228. The second-order valence-corrected chi connectivity index (χ2v) is 5.37. The summed E-state index contributed by atoms with van der Waals surface area (Å²) in [6.07, 6.45) is 3.63. The van der Waals surface area contributed by atoms with Crippen LogP contribution in [-0.4, -0.2) is 14.5 Å². The van der Waals surface area contributed by atoms with Crippen molar-refractivity contribution < 1.29 is 5.11 Å². The molecule has 0 bridgehead atoms. The molecule has 1 N–H and O–H groups in total. The summed E-state index contributed by atoms with van der Waals surface area (Å²) in [5, 5.41) is 10.5. The molecular weight excluding hydrogens is 256 g/mol. The van der Waals surface area contributed by atoms with Crippen molar-refractivity contribution in [2.75, 3.05) is 0 Å². The van der Waals surface area contributed by atoms with Crippen LogP contribution < -0.4 is 0 Å². The van der Waals surface area contributed by atoms with Gasteiger partial charge in [0.15, 0.2) is 4.96 Å². The van der Waals surface area contributed by atoms with Crippen LogP contribution >= 0.6 is 22.9 Å². The maximum atomic E-state index is 9.94. The molecule has 0 unspecified atom stereocenters. The zero-order chi connectivity index (χ0) is 12.0. The average Bonchev–Trinajstić information content (AvgIpc) is 2.82. The number of aryl methyl sites for hydroxylation is 1. The van der Waals surface area contributed by atoms with Gasteiger partial charge in [-0.1, -0.05) is 11.6 Å². The lowest BCUT2D eigenvalue weighted by Crippen LogP contribution is -1.87. The van der Waals surface area contributed by atoms with Crippen molar-refractivity contribution in [1.29, 1.82) is 0 Å². The van der Waals surface area contributed by atoms with E-state index < -0.39 is 0 Å². The Bertz CT molecular complexity index is 702. The molecule has 2 aromatic heterocycles. The average molecular weight is 265 g/mol. The van der Waals surface area contributed by atoms with Crippen LogP contribution in [0.4, 0.5) is 0 Å². The molecule has 2 heterocycles. The minimum absolute atomic E-state index is 0.228. The Labute approximate surface area is 107 Å². The van der Waals surface area contributed by atoms with Gasteiger partial charge in [0.2, 0.25) is 0 Å². The van der Waals surface area contributed by atoms with Crippen LogP contribution in [-0.2, 0) is 0 Å². The Morgan fingerprint density at radius 3 is 3.06 bits per heavy atom. The minimum Gasteiger partial charge on any atom is -0.507 e. The van der Waals surface area contributed by atoms with Gasteiger partial charge in [0.05, 0.1) is 5.69 Å². The number of thiazole rings is 1. The fourth-order valence-electron chi connectivity index (χ4n) is 1.91. The predicted molar refractivity (Wildman–Crippen MR) is 69.9 cm³/mol. The first-order chi connectivity index (χ1) is 8.16. The number of aromatic hydroxyl groups is 1. The Morgan fingerprint density at radius 2 is 2.24 bits per heavy atom. The molecule has 0 fully saturated rings. The number of phenolic OH excluding ortho intramolecular Hbond substituents is 1. The topological polar surface area (TPSA) is 37.5 Å². The SMILES string of the molecule is Cc1sc2nccn2c1-c1cc(Cl)ccc1O. The smallest absolute Gasteiger partial charge is 0.194 e. The molecule has 0 amide bonds. The maximum absolute atomic E-state index is 9.94. The van der Waals surface area contributed by atoms with E-state index in [2.05, 4.69) is 4.98 Å². The normalized spacial score (nSPS) is 11.2. The quantitative estimate of drug-likeness (QED) is 0.727. The van der Waals surface area contributed by atoms with Gasteiger partial charge in [0.1, 0.15) is 5.75 Å². The summed E-state index contributed by atoms with van der Waals surface area (Å²) in [6, 6.07) is 5.05. The summed E-state index contributed by atoms with van der Waals surface area (Å²) in [5.74, 6) is 0.228. The Hall–Kier alpha value is -1.52. The lowest BCUT2D eigenvalue weighted by atomic mass is 10.1. The zero-order valence-corrected chi connectivity index (χ0v) is 10.6. The molecule has 0 saturated carbocycles. The van der Waals surface area contributed by atoms with E-state index in [0.717, 1.165) is 21.1 Å². The van der Waals surface area contributed by atoms with E-state index in [0.29, 0.717) is 5.02 Å². The summed E-state index contributed by atoms with van der Waals surface area (Å²) in [6.45, 7) is 2.01. The van der Waals surface area contributed by atoms with Gasteiger partial charge in [0, 0.05) is 27.9 Å². The standard InChI is InChI=1S/C12H9ClN2OS/c1-7-11(15-5-4-14-12(15)17-7)9-6-8(13)2-3-10(9)16/h2-6,16H,1H3. The van der Waals surface area contributed by atoms with E-state index >= 15 is 0 Å². The van der Waals surface area contributed by atoms with Crippen LogP contribution in [0.2, 0.25) is 5.02 Å². The molecule has 0 atom stereocenters. The number of aromatic nitrogens is 2. The Balaban J connectivity index is 2.36. The number of hydrogen-bond acceptors (Lipinski definition) is 3. The first-order valence-electron chi connectivity index (χ1n) is 5.08. The highest BCUT2D eigenvalue weighted by Gasteiger charge is 2.14. The van der Waals surface area contributed by atoms with Crippen molar-refractivity contribution in [3.8, 4) is 17.0 Å². The summed E-state index contributed by atoms with van der Waals surface area (Å²) in [5.41, 5.74) is 1.68. The fourth-order valence-corrected chi connectivity index (χ4v) is 3.02. The predicted octanol–water partition coefficient (Wildman–Crippen LogP) is 3.73. The van der Waals surface area contributed by atoms with Gasteiger partial charge >= 0.3 is 0 Å². The molecule has 17 heavy (non-hydrogen) atoms. The van der Waals surface area contributed by atoms with Crippen molar-refractivity contribution in [1.82, 2.24) is 9.38 Å². The molecule has 0 spiro atoms. The van der Waals surface area contributed by atoms with Crippen LogP contribution in [0.1, 0.15) is 4.88 Å². The van der Waals surface area contributed by atoms with Gasteiger partial charge in [-0.15, -0.1) is 11.3 Å². The number of halogens is 1. The van der Waals surface area contributed by atoms with Gasteiger partial charge in [-0.2, -0.15) is 0 Å². The van der Waals surface area contributed by atoms with Crippen LogP contribution in [0.5, 0.6) is 5.75 Å². The molecule has 0 saturated heterocycles. The van der Waals surface area contributed by atoms with E-state index in [9.17, 15) is 5.11 Å². The molecule has 3 nitrogen and oxygen atoms in total. The molecule has 5 heteroatoms. The van der Waals surface area contributed by atoms with E-state index in [1.165, 1.54) is 0 Å².